The molecule has 21 aliphatic rings. The lowest BCUT2D eigenvalue weighted by Crippen LogP contribution is -2.66. The lowest BCUT2D eigenvalue weighted by atomic mass is 9.33. The Balaban J connectivity index is 0.779. The summed E-state index contributed by atoms with van der Waals surface area (Å²) >= 11 is 0. The Morgan fingerprint density at radius 1 is 0.0660 bits per heavy atom. The fourth-order valence-electron chi connectivity index (χ4n) is 42.1. The van der Waals surface area contributed by atoms with Crippen LogP contribution in [0.4, 0.5) is 0 Å². The molecule has 0 aliphatic heterocycles. The van der Waals surface area contributed by atoms with Crippen LogP contribution < -0.4 is 0 Å². The van der Waals surface area contributed by atoms with Crippen molar-refractivity contribution < 1.29 is 0 Å². The summed E-state index contributed by atoms with van der Waals surface area (Å²) in [6, 6.07) is 0. The molecule has 0 spiro atoms. The third-order valence-electron chi connectivity index (χ3n) is 44.3. The molecule has 21 saturated carbocycles. The SMILES string of the molecule is C1CCC(C2C(C3CCCCC3)C(C3CCCCC3)C(C3C4CCCCC4C(C4C(C5CCCCC5)C(C5CCCCC5)C(C5CCCCC5)C(C5CCCCC5)C4C4CCC5CCC6CCCC7CCC4C5C67)C4CCCCC43)C(C3CCC4CCC5CCCC6CCC3C4C56)C2C2CCCCC2)CC1. The van der Waals surface area contributed by atoms with Crippen molar-refractivity contribution in [3.8, 4) is 0 Å². The highest BCUT2D eigenvalue weighted by atomic mass is 14.8. The van der Waals surface area contributed by atoms with E-state index >= 15 is 0 Å². The second-order valence-corrected chi connectivity index (χ2v) is 47.3. The highest BCUT2D eigenvalue weighted by Gasteiger charge is 2.71. The summed E-state index contributed by atoms with van der Waals surface area (Å²) in [5, 5.41) is 0. The molecular formula is C106H172. The topological polar surface area (TPSA) is 0 Å². The van der Waals surface area contributed by atoms with E-state index in [0.29, 0.717) is 0 Å². The van der Waals surface area contributed by atoms with Crippen molar-refractivity contribution >= 4 is 0 Å². The molecule has 21 aliphatic carbocycles. The average Bonchev–Trinajstić information content (AvgIpc) is 0.690. The van der Waals surface area contributed by atoms with E-state index in [-0.39, 0.29) is 0 Å². The maximum absolute atomic E-state index is 1.73. The van der Waals surface area contributed by atoms with Crippen LogP contribution in [0.25, 0.3) is 0 Å². The second-order valence-electron chi connectivity index (χ2n) is 47.3. The first-order valence-electron chi connectivity index (χ1n) is 52.7. The van der Waals surface area contributed by atoms with Gasteiger partial charge in [0.15, 0.2) is 0 Å². The quantitative estimate of drug-likeness (QED) is 0.183. The van der Waals surface area contributed by atoms with Gasteiger partial charge in [-0.2, -0.15) is 0 Å². The van der Waals surface area contributed by atoms with Crippen LogP contribution in [0.1, 0.15) is 424 Å². The Morgan fingerprint density at radius 2 is 0.208 bits per heavy atom. The molecule has 0 heteroatoms. The van der Waals surface area contributed by atoms with Crippen LogP contribution in [-0.2, 0) is 0 Å². The van der Waals surface area contributed by atoms with Gasteiger partial charge in [0.25, 0.3) is 0 Å². The highest BCUT2D eigenvalue weighted by Crippen LogP contribution is 2.77. The molecule has 596 valence electrons. The minimum atomic E-state index is 1.06. The lowest BCUT2D eigenvalue weighted by Gasteiger charge is -2.71. The Labute approximate surface area is 656 Å². The first-order chi connectivity index (χ1) is 52.7. The molecule has 0 radical (unpaired) electrons. The molecule has 0 aromatic heterocycles. The molecule has 0 N–H and O–H groups in total. The van der Waals surface area contributed by atoms with Crippen molar-refractivity contribution in [1.82, 2.24) is 0 Å². The third-order valence-corrected chi connectivity index (χ3v) is 44.3. The maximum atomic E-state index is 1.73. The summed E-state index contributed by atoms with van der Waals surface area (Å²) in [5.41, 5.74) is 0. The van der Waals surface area contributed by atoms with Crippen molar-refractivity contribution in [2.24, 2.45) is 237 Å². The number of hydrogen-bond acceptors (Lipinski definition) is 0. The van der Waals surface area contributed by atoms with Crippen molar-refractivity contribution in [1.29, 1.82) is 0 Å². The standard InChI is InChI=1S/C106H172/c1-9-31-67(32-10-1)93-95(69-35-13-3-14-36-69)99(73-43-21-7-22-44-73)105(103(97(93)71-39-17-5-18-40-71)87-65-61-79-57-55-75-47-29-49-77-59-63-85(87)91(79)89(75)77)101-81-51-25-27-53-83(81)102(84-54-28-26-52-82(84)101)106-100(74-45-23-8-24-46-74)96(70-37-15-4-16-38-70)94(68-33-11-2-12-34-68)98(72-41-19-6-20-42-72)104(106)88-66-62-80-58-56-76-48-30-50-78-60-64-86(88)92(80)90(76)78/h67-106H,1-66H2. The fourth-order valence-corrected chi connectivity index (χ4v) is 42.1. The molecule has 0 bridgehead atoms. The molecule has 106 heavy (non-hydrogen) atoms. The Hall–Kier alpha value is 0. The Bertz CT molecular complexity index is 2530. The largest absolute Gasteiger partial charge is 0.0533 e. The van der Waals surface area contributed by atoms with E-state index in [1.807, 2.05) is 0 Å². The predicted molar refractivity (Wildman–Crippen MR) is 444 cm³/mol. The van der Waals surface area contributed by atoms with E-state index < -0.39 is 0 Å². The molecule has 30 atom stereocenters. The van der Waals surface area contributed by atoms with Gasteiger partial charge in [-0.25, -0.2) is 0 Å². The van der Waals surface area contributed by atoms with E-state index in [2.05, 4.69) is 0 Å². The normalized spacial score (nSPS) is 51.6. The van der Waals surface area contributed by atoms with E-state index in [9.17, 15) is 0 Å². The average molecular weight is 1450 g/mol. The Morgan fingerprint density at radius 3 is 0.434 bits per heavy atom. The van der Waals surface area contributed by atoms with Gasteiger partial charge in [-0.05, 0) is 339 Å². The second kappa shape index (κ2) is 32.8. The summed E-state index contributed by atoms with van der Waals surface area (Å²) in [6.45, 7) is 0. The van der Waals surface area contributed by atoms with Crippen LogP contribution in [-0.4, -0.2) is 0 Å². The van der Waals surface area contributed by atoms with E-state index in [0.717, 1.165) is 237 Å². The van der Waals surface area contributed by atoms with Gasteiger partial charge in [0.05, 0.1) is 0 Å². The van der Waals surface area contributed by atoms with Gasteiger partial charge in [0.2, 0.25) is 0 Å². The van der Waals surface area contributed by atoms with Gasteiger partial charge in [-0.15, -0.1) is 0 Å². The summed E-state index contributed by atoms with van der Waals surface area (Å²) in [5.74, 6) is 43.7. The summed E-state index contributed by atoms with van der Waals surface area (Å²) in [7, 11) is 0. The molecule has 0 heterocycles. The van der Waals surface area contributed by atoms with Crippen molar-refractivity contribution in [3.05, 3.63) is 0 Å². The molecule has 0 amide bonds. The van der Waals surface area contributed by atoms with Gasteiger partial charge in [-0.1, -0.05) is 321 Å². The lowest BCUT2D eigenvalue weighted by molar-refractivity contribution is -0.238. The minimum absolute atomic E-state index is 1.06. The van der Waals surface area contributed by atoms with Gasteiger partial charge in [0.1, 0.15) is 0 Å². The van der Waals surface area contributed by atoms with Crippen molar-refractivity contribution in [2.75, 3.05) is 0 Å². The zero-order valence-corrected chi connectivity index (χ0v) is 69.8. The van der Waals surface area contributed by atoms with Crippen molar-refractivity contribution in [2.45, 2.75) is 424 Å². The molecule has 30 unspecified atom stereocenters. The van der Waals surface area contributed by atoms with Gasteiger partial charge in [0, 0.05) is 0 Å². The van der Waals surface area contributed by atoms with Crippen LogP contribution in [0.5, 0.6) is 0 Å². The van der Waals surface area contributed by atoms with Gasteiger partial charge >= 0.3 is 0 Å². The maximum Gasteiger partial charge on any atom is -0.0312 e. The number of fused-ring (bicyclic) bond motifs is 2. The van der Waals surface area contributed by atoms with Crippen LogP contribution >= 0.6 is 0 Å². The monoisotopic (exact) mass is 1450 g/mol. The predicted octanol–water partition coefficient (Wildman–Crippen LogP) is 30.7. The zero-order valence-electron chi connectivity index (χ0n) is 69.8. The summed E-state index contributed by atoms with van der Waals surface area (Å²) in [4.78, 5) is 0. The molecule has 0 saturated heterocycles. The molecule has 0 nitrogen and oxygen atoms in total. The van der Waals surface area contributed by atoms with Crippen LogP contribution in [0.15, 0.2) is 0 Å². The van der Waals surface area contributed by atoms with Crippen LogP contribution in [0, 0.1) is 237 Å². The van der Waals surface area contributed by atoms with Crippen molar-refractivity contribution in [3.63, 3.8) is 0 Å². The highest BCUT2D eigenvalue weighted by molar-refractivity contribution is 5.19. The number of hydrogen-bond donors (Lipinski definition) is 0. The zero-order chi connectivity index (χ0) is 69.8. The molecule has 0 aromatic carbocycles. The van der Waals surface area contributed by atoms with Gasteiger partial charge < -0.3 is 0 Å². The van der Waals surface area contributed by atoms with E-state index in [4.69, 9.17) is 0 Å². The Kier molecular flexibility index (Phi) is 22.8. The first kappa shape index (κ1) is 73.6. The first-order valence-corrected chi connectivity index (χ1v) is 52.7. The summed E-state index contributed by atoms with van der Waals surface area (Å²) < 4.78 is 0. The smallest absolute Gasteiger partial charge is 0.0312 e. The molecule has 21 fully saturated rings. The molecule has 21 rings (SSSR count). The molecule has 0 aromatic rings. The minimum Gasteiger partial charge on any atom is -0.0533 e. The number of rotatable bonds is 12. The van der Waals surface area contributed by atoms with E-state index in [1.165, 1.54) is 0 Å². The van der Waals surface area contributed by atoms with E-state index in [1.54, 1.807) is 424 Å². The summed E-state index contributed by atoms with van der Waals surface area (Å²) in [6.07, 6.45) is 109. The van der Waals surface area contributed by atoms with Crippen LogP contribution in [0.2, 0.25) is 0 Å². The van der Waals surface area contributed by atoms with Gasteiger partial charge in [-0.3, -0.25) is 0 Å². The van der Waals surface area contributed by atoms with Crippen LogP contribution in [0.3, 0.4) is 0 Å². The third kappa shape index (κ3) is 13.3. The fraction of sp³-hybridized carbons (Fsp3) is 1.00. The molecular weight excluding hydrogens is 1270 g/mol.